The summed E-state index contributed by atoms with van der Waals surface area (Å²) in [6, 6.07) is 8.29. The second-order valence-corrected chi connectivity index (χ2v) is 5.45. The molecule has 0 aromatic heterocycles. The zero-order valence-electron chi connectivity index (χ0n) is 14.4. The van der Waals surface area contributed by atoms with Crippen LogP contribution in [0.25, 0.3) is 0 Å². The summed E-state index contributed by atoms with van der Waals surface area (Å²) in [5.41, 5.74) is 1.30. The van der Waals surface area contributed by atoms with Gasteiger partial charge in [0.15, 0.2) is 0 Å². The van der Waals surface area contributed by atoms with Crippen molar-refractivity contribution in [2.24, 2.45) is 5.92 Å². The van der Waals surface area contributed by atoms with Crippen molar-refractivity contribution >= 4 is 5.78 Å². The number of unbranched alkanes of at least 4 members (excludes halogenated alkanes) is 1. The zero-order chi connectivity index (χ0) is 16.1. The topological polar surface area (TPSA) is 26.3 Å². The van der Waals surface area contributed by atoms with Crippen LogP contribution in [0.1, 0.15) is 65.9 Å². The van der Waals surface area contributed by atoms with E-state index in [-0.39, 0.29) is 0 Å². The Labute approximate surface area is 130 Å². The minimum Gasteiger partial charge on any atom is -0.493 e. The van der Waals surface area contributed by atoms with E-state index in [0.717, 1.165) is 38.0 Å². The number of hydrogen-bond acceptors (Lipinski definition) is 2. The lowest BCUT2D eigenvalue weighted by Crippen LogP contribution is -2.04. The molecule has 0 aliphatic rings. The van der Waals surface area contributed by atoms with Gasteiger partial charge in [-0.3, -0.25) is 4.79 Å². The van der Waals surface area contributed by atoms with Crippen LogP contribution in [0.5, 0.6) is 5.75 Å². The van der Waals surface area contributed by atoms with Gasteiger partial charge >= 0.3 is 0 Å². The second kappa shape index (κ2) is 12.4. The molecule has 0 saturated carbocycles. The predicted octanol–water partition coefficient (Wildman–Crippen LogP) is 5.44. The lowest BCUT2D eigenvalue weighted by molar-refractivity contribution is -0.118. The third-order valence-electron chi connectivity index (χ3n) is 3.05. The fraction of sp³-hybridized carbons (Fsp3) is 0.632. The molecule has 2 nitrogen and oxygen atoms in total. The number of ether oxygens (including phenoxy) is 1. The van der Waals surface area contributed by atoms with Crippen molar-refractivity contribution in [2.75, 3.05) is 6.61 Å². The number of benzene rings is 1. The smallest absolute Gasteiger partial charge is 0.132 e. The molecule has 1 aromatic rings. The molecule has 0 saturated heterocycles. The van der Waals surface area contributed by atoms with Crippen LogP contribution < -0.4 is 4.74 Å². The van der Waals surface area contributed by atoms with Crippen molar-refractivity contribution in [3.63, 3.8) is 0 Å². The molecule has 0 fully saturated rings. The van der Waals surface area contributed by atoms with Crippen LogP contribution in [-0.4, -0.2) is 12.4 Å². The van der Waals surface area contributed by atoms with Crippen molar-refractivity contribution in [2.45, 2.75) is 66.7 Å². The quantitative estimate of drug-likeness (QED) is 0.566. The first-order chi connectivity index (χ1) is 10.1. The van der Waals surface area contributed by atoms with Crippen LogP contribution >= 0.6 is 0 Å². The molecule has 0 unspecified atom stereocenters. The first kappa shape index (κ1) is 19.7. The Kier molecular flexibility index (Phi) is 11.7. The van der Waals surface area contributed by atoms with E-state index in [4.69, 9.17) is 4.74 Å². The van der Waals surface area contributed by atoms with Crippen LogP contribution in [0.2, 0.25) is 0 Å². The molecule has 0 heterocycles. The molecular weight excluding hydrogens is 260 g/mol. The highest BCUT2D eigenvalue weighted by molar-refractivity contribution is 5.77. The maximum Gasteiger partial charge on any atom is 0.132 e. The molecule has 0 aliphatic carbocycles. The maximum atomic E-state index is 11.2. The molecule has 0 radical (unpaired) electrons. The van der Waals surface area contributed by atoms with Crippen molar-refractivity contribution < 1.29 is 9.53 Å². The van der Waals surface area contributed by atoms with Gasteiger partial charge in [0, 0.05) is 12.8 Å². The van der Waals surface area contributed by atoms with Gasteiger partial charge in [-0.2, -0.15) is 0 Å². The minimum atomic E-state index is 0.369. The van der Waals surface area contributed by atoms with Gasteiger partial charge in [0.1, 0.15) is 11.5 Å². The summed E-state index contributed by atoms with van der Waals surface area (Å²) in [4.78, 5) is 11.2. The third-order valence-corrected chi connectivity index (χ3v) is 3.05. The van der Waals surface area contributed by atoms with E-state index in [1.807, 2.05) is 32.9 Å². The van der Waals surface area contributed by atoms with Crippen LogP contribution in [0.4, 0.5) is 0 Å². The van der Waals surface area contributed by atoms with Crippen molar-refractivity contribution in [3.05, 3.63) is 29.8 Å². The van der Waals surface area contributed by atoms with E-state index in [9.17, 15) is 4.79 Å². The van der Waals surface area contributed by atoms with E-state index in [1.165, 1.54) is 5.56 Å². The Bertz CT molecular complexity index is 383. The largest absolute Gasteiger partial charge is 0.493 e. The van der Waals surface area contributed by atoms with Crippen LogP contribution in [0.15, 0.2) is 24.3 Å². The molecule has 0 bridgehead atoms. The summed E-state index contributed by atoms with van der Waals surface area (Å²) >= 11 is 0. The fourth-order valence-corrected chi connectivity index (χ4v) is 1.88. The summed E-state index contributed by atoms with van der Waals surface area (Å²) in [6.45, 7) is 11.0. The number of rotatable bonds is 9. The number of hydrogen-bond donors (Lipinski definition) is 0. The molecule has 0 spiro atoms. The highest BCUT2D eigenvalue weighted by Crippen LogP contribution is 2.16. The van der Waals surface area contributed by atoms with E-state index >= 15 is 0 Å². The molecule has 0 atom stereocenters. The van der Waals surface area contributed by atoms with E-state index in [0.29, 0.717) is 18.1 Å². The van der Waals surface area contributed by atoms with Crippen LogP contribution in [0.3, 0.4) is 0 Å². The Hall–Kier alpha value is -1.31. The molecule has 1 aromatic carbocycles. The normalized spacial score (nSPS) is 10.0. The monoisotopic (exact) mass is 292 g/mol. The van der Waals surface area contributed by atoms with Gasteiger partial charge in [0.05, 0.1) is 6.61 Å². The number of ketones is 1. The van der Waals surface area contributed by atoms with E-state index in [1.54, 1.807) is 0 Å². The van der Waals surface area contributed by atoms with Gasteiger partial charge in [-0.15, -0.1) is 0 Å². The number of aryl methyl sites for hydroxylation is 1. The molecule has 0 aliphatic heterocycles. The van der Waals surface area contributed by atoms with Gasteiger partial charge in [0.2, 0.25) is 0 Å². The first-order valence-electron chi connectivity index (χ1n) is 8.35. The summed E-state index contributed by atoms with van der Waals surface area (Å²) in [7, 11) is 0. The van der Waals surface area contributed by atoms with Gasteiger partial charge in [-0.05, 0) is 42.9 Å². The Morgan fingerprint density at radius 2 is 1.90 bits per heavy atom. The standard InChI is InChI=1S/C17H26O2.C2H6/c1-4-16(18)10-6-5-8-15-9-7-11-17(12-15)19-13-14(2)3;1-2/h7,9,11-12,14H,4-6,8,10,13H2,1-3H3;1-2H3. The van der Waals surface area contributed by atoms with Crippen molar-refractivity contribution in [1.82, 2.24) is 0 Å². The van der Waals surface area contributed by atoms with Gasteiger partial charge in [0.25, 0.3) is 0 Å². The molecule has 0 amide bonds. The average Bonchev–Trinajstić information content (AvgIpc) is 2.51. The zero-order valence-corrected chi connectivity index (χ0v) is 14.4. The lowest BCUT2D eigenvalue weighted by atomic mass is 10.0. The summed E-state index contributed by atoms with van der Waals surface area (Å²) in [6.07, 6.45) is 4.47. The van der Waals surface area contributed by atoms with Crippen molar-refractivity contribution in [1.29, 1.82) is 0 Å². The number of carbonyl (C=O) groups excluding carboxylic acids is 1. The maximum absolute atomic E-state index is 11.2. The van der Waals surface area contributed by atoms with Gasteiger partial charge < -0.3 is 4.74 Å². The summed E-state index contributed by atoms with van der Waals surface area (Å²) in [5.74, 6) is 1.87. The summed E-state index contributed by atoms with van der Waals surface area (Å²) < 4.78 is 5.72. The van der Waals surface area contributed by atoms with Crippen LogP contribution in [0, 0.1) is 5.92 Å². The molecule has 21 heavy (non-hydrogen) atoms. The Morgan fingerprint density at radius 3 is 2.52 bits per heavy atom. The van der Waals surface area contributed by atoms with Gasteiger partial charge in [-0.1, -0.05) is 46.8 Å². The highest BCUT2D eigenvalue weighted by Gasteiger charge is 2.01. The fourth-order valence-electron chi connectivity index (χ4n) is 1.88. The lowest BCUT2D eigenvalue weighted by Gasteiger charge is -2.10. The molecular formula is C19H32O2. The number of Topliss-reactive ketones (excluding diaryl/α,β-unsaturated/α-hetero) is 1. The SMILES string of the molecule is CC.CCC(=O)CCCCc1cccc(OCC(C)C)c1. The molecule has 1 rings (SSSR count). The Balaban J connectivity index is 0.00000191. The molecule has 120 valence electrons. The second-order valence-electron chi connectivity index (χ2n) is 5.45. The first-order valence-corrected chi connectivity index (χ1v) is 8.35. The highest BCUT2D eigenvalue weighted by atomic mass is 16.5. The minimum absolute atomic E-state index is 0.369. The van der Waals surface area contributed by atoms with Crippen molar-refractivity contribution in [3.8, 4) is 5.75 Å². The van der Waals surface area contributed by atoms with Crippen LogP contribution in [-0.2, 0) is 11.2 Å². The number of carbonyl (C=O) groups is 1. The average molecular weight is 292 g/mol. The Morgan fingerprint density at radius 1 is 1.19 bits per heavy atom. The summed E-state index contributed by atoms with van der Waals surface area (Å²) in [5, 5.41) is 0. The van der Waals surface area contributed by atoms with Gasteiger partial charge in [-0.25, -0.2) is 0 Å². The molecule has 2 heteroatoms. The third kappa shape index (κ3) is 10.1. The molecule has 0 N–H and O–H groups in total. The van der Waals surface area contributed by atoms with E-state index in [2.05, 4.69) is 26.0 Å². The predicted molar refractivity (Wildman–Crippen MR) is 91.0 cm³/mol. The van der Waals surface area contributed by atoms with E-state index < -0.39 is 0 Å².